The number of carbonyl (C=O) groups is 2. The average molecular weight is 464 g/mol. The lowest BCUT2D eigenvalue weighted by molar-refractivity contribution is -0.144. The van der Waals surface area contributed by atoms with Crippen LogP contribution in [0.2, 0.25) is 0 Å². The van der Waals surface area contributed by atoms with E-state index in [0.717, 1.165) is 4.52 Å². The van der Waals surface area contributed by atoms with Crippen LogP contribution in [0.1, 0.15) is 29.2 Å². The molecule has 33 heavy (non-hydrogen) atoms. The maximum atomic E-state index is 12.9. The minimum atomic E-state index is -4.67. The number of benzene rings is 1. The third kappa shape index (κ3) is 5.76. The predicted molar refractivity (Wildman–Crippen MR) is 113 cm³/mol. The molecule has 0 saturated carbocycles. The number of carbonyl (C=O) groups excluding carboxylic acids is 2. The first-order chi connectivity index (χ1) is 15.5. The second kappa shape index (κ2) is 9.43. The van der Waals surface area contributed by atoms with E-state index in [1.165, 1.54) is 4.90 Å². The summed E-state index contributed by atoms with van der Waals surface area (Å²) in [5, 5.41) is 6.25. The van der Waals surface area contributed by atoms with Crippen LogP contribution in [0.4, 0.5) is 18.9 Å². The lowest BCUT2D eigenvalue weighted by atomic mass is 10.1. The molecule has 0 aliphatic carbocycles. The Hall–Kier alpha value is -3.70. The number of halogens is 3. The number of hydrogen-bond donors (Lipinski definition) is 1. The minimum absolute atomic E-state index is 0.0886. The highest BCUT2D eigenvalue weighted by atomic mass is 19.4. The summed E-state index contributed by atoms with van der Waals surface area (Å²) in [6.45, 7) is 3.18. The Morgan fingerprint density at radius 3 is 2.39 bits per heavy atom. The molecule has 0 unspecified atom stereocenters. The highest BCUT2D eigenvalue weighted by Gasteiger charge is 2.37. The van der Waals surface area contributed by atoms with E-state index in [4.69, 9.17) is 4.74 Å². The van der Waals surface area contributed by atoms with Crippen LogP contribution in [-0.2, 0) is 22.2 Å². The third-order valence-electron chi connectivity index (χ3n) is 4.90. The molecule has 2 amide bonds. The van der Waals surface area contributed by atoms with Crippen molar-refractivity contribution in [3.05, 3.63) is 47.0 Å². The molecule has 12 heteroatoms. The Bertz CT molecular complexity index is 1170. The standard InChI is InChI=1S/C21H23F3N6O3/c1-12-16(13(2)30-20(25-12)27-19(28-30)21(22,23)24)9-10-17(31)26-14-5-7-15(8-6-14)33-11-18(32)29(3)4/h5-8H,9-11H2,1-4H3,(H,26,31). The van der Waals surface area contributed by atoms with Crippen LogP contribution >= 0.6 is 0 Å². The second-order valence-corrected chi connectivity index (χ2v) is 7.56. The second-order valence-electron chi connectivity index (χ2n) is 7.56. The van der Waals surface area contributed by atoms with Gasteiger partial charge in [-0.25, -0.2) is 9.50 Å². The Kier molecular flexibility index (Phi) is 6.84. The first kappa shape index (κ1) is 24.0. The van der Waals surface area contributed by atoms with Crippen LogP contribution in [0.25, 0.3) is 5.78 Å². The van der Waals surface area contributed by atoms with Crippen molar-refractivity contribution in [1.82, 2.24) is 24.5 Å². The largest absolute Gasteiger partial charge is 0.484 e. The number of hydrogen-bond acceptors (Lipinski definition) is 6. The van der Waals surface area contributed by atoms with Crippen LogP contribution < -0.4 is 10.1 Å². The number of nitrogens with one attached hydrogen (secondary N) is 1. The van der Waals surface area contributed by atoms with Gasteiger partial charge in [0.1, 0.15) is 5.75 Å². The first-order valence-electron chi connectivity index (χ1n) is 9.98. The van der Waals surface area contributed by atoms with E-state index in [9.17, 15) is 22.8 Å². The smallest absolute Gasteiger partial charge is 0.453 e. The van der Waals surface area contributed by atoms with E-state index in [-0.39, 0.29) is 37.0 Å². The molecule has 3 aromatic rings. The average Bonchev–Trinajstić information content (AvgIpc) is 3.17. The lowest BCUT2D eigenvalue weighted by Crippen LogP contribution is -2.27. The Balaban J connectivity index is 1.62. The molecule has 0 saturated heterocycles. The van der Waals surface area contributed by atoms with Crippen molar-refractivity contribution in [1.29, 1.82) is 0 Å². The Morgan fingerprint density at radius 1 is 1.12 bits per heavy atom. The molecule has 3 rings (SSSR count). The fourth-order valence-electron chi connectivity index (χ4n) is 3.06. The summed E-state index contributed by atoms with van der Waals surface area (Å²) in [5.41, 5.74) is 2.11. The summed E-state index contributed by atoms with van der Waals surface area (Å²) in [6, 6.07) is 6.55. The van der Waals surface area contributed by atoms with Crippen LogP contribution in [0.5, 0.6) is 5.75 Å². The molecular formula is C21H23F3N6O3. The van der Waals surface area contributed by atoms with Crippen LogP contribution in [-0.4, -0.2) is 57.0 Å². The Morgan fingerprint density at radius 2 is 1.79 bits per heavy atom. The molecule has 176 valence electrons. The van der Waals surface area contributed by atoms with Crippen LogP contribution in [0.15, 0.2) is 24.3 Å². The van der Waals surface area contributed by atoms with Gasteiger partial charge in [-0.2, -0.15) is 18.2 Å². The van der Waals surface area contributed by atoms with Gasteiger partial charge in [0.05, 0.1) is 0 Å². The first-order valence-corrected chi connectivity index (χ1v) is 9.98. The molecule has 0 radical (unpaired) electrons. The number of amides is 2. The molecule has 2 aromatic heterocycles. The van der Waals surface area contributed by atoms with Crippen molar-refractivity contribution < 1.29 is 27.5 Å². The molecule has 0 bridgehead atoms. The number of likely N-dealkylation sites (N-methyl/N-ethyl adjacent to an activating group) is 1. The van der Waals surface area contributed by atoms with Crippen molar-refractivity contribution in [2.45, 2.75) is 32.9 Å². The number of aromatic nitrogens is 4. The number of fused-ring (bicyclic) bond motifs is 1. The van der Waals surface area contributed by atoms with Gasteiger partial charge >= 0.3 is 6.18 Å². The fourth-order valence-corrected chi connectivity index (χ4v) is 3.06. The van der Waals surface area contributed by atoms with E-state index in [0.29, 0.717) is 28.4 Å². The van der Waals surface area contributed by atoms with Gasteiger partial charge in [0, 0.05) is 37.6 Å². The molecule has 0 aliphatic rings. The van der Waals surface area contributed by atoms with Crippen LogP contribution in [0, 0.1) is 13.8 Å². The molecule has 1 N–H and O–H groups in total. The Labute approximate surface area is 187 Å². The van der Waals surface area contributed by atoms with Crippen molar-refractivity contribution in [3.8, 4) is 5.75 Å². The van der Waals surface area contributed by atoms with Crippen molar-refractivity contribution in [2.75, 3.05) is 26.0 Å². The molecule has 0 aliphatic heterocycles. The van der Waals surface area contributed by atoms with E-state index in [2.05, 4.69) is 20.4 Å². The molecule has 9 nitrogen and oxygen atoms in total. The van der Waals surface area contributed by atoms with Gasteiger partial charge < -0.3 is 15.0 Å². The third-order valence-corrected chi connectivity index (χ3v) is 4.90. The quantitative estimate of drug-likeness (QED) is 0.577. The van der Waals surface area contributed by atoms with Gasteiger partial charge in [-0.3, -0.25) is 9.59 Å². The SMILES string of the molecule is Cc1nc2nc(C(F)(F)F)nn2c(C)c1CCC(=O)Nc1ccc(OCC(=O)N(C)C)cc1. The number of rotatable bonds is 7. The molecule has 0 fully saturated rings. The monoisotopic (exact) mass is 464 g/mol. The summed E-state index contributed by atoms with van der Waals surface area (Å²) >= 11 is 0. The number of aryl methyl sites for hydroxylation is 2. The van der Waals surface area contributed by atoms with Crippen molar-refractivity contribution in [2.24, 2.45) is 0 Å². The summed E-state index contributed by atoms with van der Waals surface area (Å²) in [7, 11) is 3.26. The number of anilines is 1. The van der Waals surface area contributed by atoms with Gasteiger partial charge in [0.15, 0.2) is 6.61 Å². The number of nitrogens with zero attached hydrogens (tertiary/aromatic N) is 5. The molecule has 0 spiro atoms. The topological polar surface area (TPSA) is 102 Å². The van der Waals surface area contributed by atoms with Gasteiger partial charge in [0.25, 0.3) is 17.5 Å². The zero-order chi connectivity index (χ0) is 24.3. The summed E-state index contributed by atoms with van der Waals surface area (Å²) in [5.74, 6) is -1.36. The zero-order valence-corrected chi connectivity index (χ0v) is 18.5. The highest BCUT2D eigenvalue weighted by Crippen LogP contribution is 2.27. The zero-order valence-electron chi connectivity index (χ0n) is 18.5. The van der Waals surface area contributed by atoms with Gasteiger partial charge in [0.2, 0.25) is 5.91 Å². The van der Waals surface area contributed by atoms with Gasteiger partial charge in [-0.15, -0.1) is 5.10 Å². The van der Waals surface area contributed by atoms with E-state index < -0.39 is 12.0 Å². The minimum Gasteiger partial charge on any atom is -0.484 e. The van der Waals surface area contributed by atoms with Crippen molar-refractivity contribution in [3.63, 3.8) is 0 Å². The van der Waals surface area contributed by atoms with Gasteiger partial charge in [-0.05, 0) is 50.1 Å². The number of ether oxygens (including phenoxy) is 1. The normalized spacial score (nSPS) is 11.5. The molecular weight excluding hydrogens is 441 g/mol. The van der Waals surface area contributed by atoms with E-state index in [1.807, 2.05) is 0 Å². The maximum absolute atomic E-state index is 12.9. The summed E-state index contributed by atoms with van der Waals surface area (Å²) in [6.07, 6.45) is -4.32. The van der Waals surface area contributed by atoms with E-state index >= 15 is 0 Å². The van der Waals surface area contributed by atoms with Gasteiger partial charge in [-0.1, -0.05) is 0 Å². The summed E-state index contributed by atoms with van der Waals surface area (Å²) < 4.78 is 45.2. The highest BCUT2D eigenvalue weighted by molar-refractivity contribution is 5.90. The fraction of sp³-hybridized carbons (Fsp3) is 0.381. The van der Waals surface area contributed by atoms with E-state index in [1.54, 1.807) is 52.2 Å². The lowest BCUT2D eigenvalue weighted by Gasteiger charge is -2.12. The molecule has 0 atom stereocenters. The van der Waals surface area contributed by atoms with Crippen molar-refractivity contribution >= 4 is 23.3 Å². The van der Waals surface area contributed by atoms with Crippen LogP contribution in [0.3, 0.4) is 0 Å². The molecule has 2 heterocycles. The predicted octanol–water partition coefficient (Wildman–Crippen LogP) is 2.80. The maximum Gasteiger partial charge on any atom is 0.453 e. The number of alkyl halides is 3. The summed E-state index contributed by atoms with van der Waals surface area (Å²) in [4.78, 5) is 32.9. The molecule has 1 aromatic carbocycles.